The molecule has 0 spiro atoms. The molecular formula is C21H29N5O4S. The molecule has 0 bridgehead atoms. The number of rotatable bonds is 10. The molecule has 0 fully saturated rings. The molecular weight excluding hydrogens is 418 g/mol. The average Bonchev–Trinajstić information content (AvgIpc) is 2.68. The van der Waals surface area contributed by atoms with Crippen molar-refractivity contribution >= 4 is 33.3 Å². The van der Waals surface area contributed by atoms with E-state index < -0.39 is 10.0 Å². The van der Waals surface area contributed by atoms with E-state index in [0.717, 1.165) is 5.69 Å². The van der Waals surface area contributed by atoms with E-state index in [-0.39, 0.29) is 29.8 Å². The van der Waals surface area contributed by atoms with Crippen molar-refractivity contribution in [3.8, 4) is 0 Å². The summed E-state index contributed by atoms with van der Waals surface area (Å²) in [5.41, 5.74) is 1.27. The number of carbonyl (C=O) groups excluding carboxylic acids is 2. The van der Waals surface area contributed by atoms with Crippen LogP contribution in [0.25, 0.3) is 0 Å². The third-order valence-corrected chi connectivity index (χ3v) is 6.53. The number of sulfonamides is 1. The predicted octanol–water partition coefficient (Wildman–Crippen LogP) is 1.93. The van der Waals surface area contributed by atoms with Crippen LogP contribution in [0.2, 0.25) is 0 Å². The van der Waals surface area contributed by atoms with E-state index in [1.54, 1.807) is 50.1 Å². The topological polar surface area (TPSA) is 112 Å². The van der Waals surface area contributed by atoms with Crippen molar-refractivity contribution in [3.05, 3.63) is 48.2 Å². The molecule has 168 valence electrons. The molecule has 0 saturated carbocycles. The number of hydrogen-bond acceptors (Lipinski definition) is 6. The van der Waals surface area contributed by atoms with Crippen LogP contribution in [0.1, 0.15) is 19.5 Å². The molecule has 1 heterocycles. The van der Waals surface area contributed by atoms with Gasteiger partial charge in [-0.05, 0) is 50.4 Å². The van der Waals surface area contributed by atoms with E-state index in [1.165, 1.54) is 16.4 Å². The molecule has 9 nitrogen and oxygen atoms in total. The largest absolute Gasteiger partial charge is 0.325 e. The fraction of sp³-hybridized carbons (Fsp3) is 0.381. The maximum absolute atomic E-state index is 12.5. The van der Waals surface area contributed by atoms with Crippen molar-refractivity contribution in [1.29, 1.82) is 0 Å². The minimum Gasteiger partial charge on any atom is -0.325 e. The van der Waals surface area contributed by atoms with Crippen LogP contribution in [0.15, 0.2) is 47.4 Å². The molecule has 1 aromatic carbocycles. The first-order valence-corrected chi connectivity index (χ1v) is 11.4. The van der Waals surface area contributed by atoms with Crippen LogP contribution >= 0.6 is 0 Å². The van der Waals surface area contributed by atoms with Gasteiger partial charge in [-0.15, -0.1) is 0 Å². The van der Waals surface area contributed by atoms with Gasteiger partial charge in [-0.2, -0.15) is 4.31 Å². The number of aryl methyl sites for hydroxylation is 1. The summed E-state index contributed by atoms with van der Waals surface area (Å²) in [7, 11) is -1.89. The Labute approximate surface area is 183 Å². The van der Waals surface area contributed by atoms with Crippen molar-refractivity contribution in [2.75, 3.05) is 43.9 Å². The standard InChI is InChI=1S/C21H29N5O4S/c1-5-26(6-2)31(29,30)18-12-10-17(11-13-18)23-20(27)14-25(4)15-21(28)24-19-9-7-8-16(3)22-19/h7-13H,5-6,14-15H2,1-4H3,(H,23,27)(H,22,24,28). The highest BCUT2D eigenvalue weighted by Gasteiger charge is 2.21. The van der Waals surface area contributed by atoms with Crippen LogP contribution in [-0.2, 0) is 19.6 Å². The average molecular weight is 448 g/mol. The lowest BCUT2D eigenvalue weighted by molar-refractivity contribution is -0.119. The zero-order valence-corrected chi connectivity index (χ0v) is 19.1. The second kappa shape index (κ2) is 11.0. The predicted molar refractivity (Wildman–Crippen MR) is 120 cm³/mol. The number of amides is 2. The highest BCUT2D eigenvalue weighted by Crippen LogP contribution is 2.18. The molecule has 2 amide bonds. The van der Waals surface area contributed by atoms with E-state index in [0.29, 0.717) is 24.6 Å². The fourth-order valence-electron chi connectivity index (χ4n) is 2.96. The highest BCUT2D eigenvalue weighted by molar-refractivity contribution is 7.89. The summed E-state index contributed by atoms with van der Waals surface area (Å²) in [6, 6.07) is 11.4. The summed E-state index contributed by atoms with van der Waals surface area (Å²) < 4.78 is 26.4. The number of hydrogen-bond donors (Lipinski definition) is 2. The quantitative estimate of drug-likeness (QED) is 0.576. The third kappa shape index (κ3) is 7.12. The molecule has 0 unspecified atom stereocenters. The Bertz CT molecular complexity index is 1000. The van der Waals surface area contributed by atoms with Gasteiger partial charge in [0.15, 0.2) is 0 Å². The molecule has 2 N–H and O–H groups in total. The molecule has 1 aromatic heterocycles. The SMILES string of the molecule is CCN(CC)S(=O)(=O)c1ccc(NC(=O)CN(C)CC(=O)Nc2cccc(C)n2)cc1. The van der Waals surface area contributed by atoms with E-state index >= 15 is 0 Å². The van der Waals surface area contributed by atoms with E-state index in [9.17, 15) is 18.0 Å². The number of nitrogens with one attached hydrogen (secondary N) is 2. The maximum Gasteiger partial charge on any atom is 0.243 e. The van der Waals surface area contributed by atoms with Crippen LogP contribution in [0, 0.1) is 6.92 Å². The van der Waals surface area contributed by atoms with Gasteiger partial charge in [0.1, 0.15) is 5.82 Å². The second-order valence-electron chi connectivity index (χ2n) is 7.05. The molecule has 0 aliphatic heterocycles. The van der Waals surface area contributed by atoms with Crippen LogP contribution in [0.5, 0.6) is 0 Å². The summed E-state index contributed by atoms with van der Waals surface area (Å²) in [6.45, 7) is 6.18. The first-order valence-electron chi connectivity index (χ1n) is 9.97. The van der Waals surface area contributed by atoms with Gasteiger partial charge >= 0.3 is 0 Å². The molecule has 0 saturated heterocycles. The first-order chi connectivity index (χ1) is 14.6. The Morgan fingerprint density at radius 1 is 0.935 bits per heavy atom. The van der Waals surface area contributed by atoms with E-state index in [2.05, 4.69) is 15.6 Å². The van der Waals surface area contributed by atoms with Crippen LogP contribution in [0.3, 0.4) is 0 Å². The zero-order chi connectivity index (χ0) is 23.0. The molecule has 0 aliphatic rings. The Morgan fingerprint density at radius 2 is 1.52 bits per heavy atom. The second-order valence-corrected chi connectivity index (χ2v) is 8.98. The lowest BCUT2D eigenvalue weighted by Crippen LogP contribution is -2.36. The lowest BCUT2D eigenvalue weighted by Gasteiger charge is -2.19. The van der Waals surface area contributed by atoms with Crippen molar-refractivity contribution in [2.24, 2.45) is 0 Å². The van der Waals surface area contributed by atoms with E-state index in [4.69, 9.17) is 0 Å². The number of aromatic nitrogens is 1. The molecule has 0 aliphatic carbocycles. The smallest absolute Gasteiger partial charge is 0.243 e. The van der Waals surface area contributed by atoms with Gasteiger partial charge < -0.3 is 10.6 Å². The number of benzene rings is 1. The molecule has 2 rings (SSSR count). The van der Waals surface area contributed by atoms with Gasteiger partial charge in [0.05, 0.1) is 18.0 Å². The van der Waals surface area contributed by atoms with Crippen molar-refractivity contribution in [2.45, 2.75) is 25.7 Å². The van der Waals surface area contributed by atoms with Crippen LogP contribution in [-0.4, -0.2) is 67.6 Å². The summed E-state index contributed by atoms with van der Waals surface area (Å²) in [5, 5.41) is 5.40. The minimum atomic E-state index is -3.54. The Kier molecular flexibility index (Phi) is 8.66. The minimum absolute atomic E-state index is 0.00579. The van der Waals surface area contributed by atoms with Crippen LogP contribution in [0.4, 0.5) is 11.5 Å². The van der Waals surface area contributed by atoms with Gasteiger partial charge in [-0.25, -0.2) is 13.4 Å². The fourth-order valence-corrected chi connectivity index (χ4v) is 4.42. The molecule has 2 aromatic rings. The normalized spacial score (nSPS) is 11.5. The van der Waals surface area contributed by atoms with Gasteiger partial charge in [0, 0.05) is 24.5 Å². The zero-order valence-electron chi connectivity index (χ0n) is 18.3. The number of likely N-dealkylation sites (N-methyl/N-ethyl adjacent to an activating group) is 1. The Balaban J connectivity index is 1.88. The number of carbonyl (C=O) groups is 2. The summed E-state index contributed by atoms with van der Waals surface area (Å²) in [6.07, 6.45) is 0. The monoisotopic (exact) mass is 447 g/mol. The number of pyridine rings is 1. The Hall–Kier alpha value is -2.82. The molecule has 0 atom stereocenters. The Morgan fingerprint density at radius 3 is 2.06 bits per heavy atom. The molecule has 10 heteroatoms. The van der Waals surface area contributed by atoms with Gasteiger partial charge in [-0.3, -0.25) is 14.5 Å². The van der Waals surface area contributed by atoms with E-state index in [1.807, 2.05) is 13.0 Å². The summed E-state index contributed by atoms with van der Waals surface area (Å²) >= 11 is 0. The van der Waals surface area contributed by atoms with Gasteiger partial charge in [0.2, 0.25) is 21.8 Å². The summed E-state index contributed by atoms with van der Waals surface area (Å²) in [5.74, 6) is -0.134. The lowest BCUT2D eigenvalue weighted by atomic mass is 10.3. The van der Waals surface area contributed by atoms with Crippen molar-refractivity contribution in [1.82, 2.24) is 14.2 Å². The highest BCUT2D eigenvalue weighted by atomic mass is 32.2. The third-order valence-electron chi connectivity index (χ3n) is 4.46. The number of anilines is 2. The first kappa shape index (κ1) is 24.4. The summed E-state index contributed by atoms with van der Waals surface area (Å²) in [4.78, 5) is 30.3. The van der Waals surface area contributed by atoms with Crippen molar-refractivity contribution in [3.63, 3.8) is 0 Å². The molecule has 0 radical (unpaired) electrons. The van der Waals surface area contributed by atoms with Crippen molar-refractivity contribution < 1.29 is 18.0 Å². The maximum atomic E-state index is 12.5. The number of nitrogens with zero attached hydrogens (tertiary/aromatic N) is 3. The van der Waals surface area contributed by atoms with Gasteiger partial charge in [-0.1, -0.05) is 19.9 Å². The van der Waals surface area contributed by atoms with Crippen LogP contribution < -0.4 is 10.6 Å². The van der Waals surface area contributed by atoms with Gasteiger partial charge in [0.25, 0.3) is 0 Å². The molecule has 31 heavy (non-hydrogen) atoms.